The Morgan fingerprint density at radius 1 is 0.978 bits per heavy atom. The normalized spacial score (nSPS) is 19.0. The minimum absolute atomic E-state index is 0. The zero-order valence-electron chi connectivity index (χ0n) is 27.2. The van der Waals surface area contributed by atoms with Gasteiger partial charge in [-0.25, -0.2) is 0 Å². The summed E-state index contributed by atoms with van der Waals surface area (Å²) in [6.45, 7) is 5.62. The number of likely N-dealkylation sites (tertiary alicyclic amines) is 1. The van der Waals surface area contributed by atoms with Crippen LogP contribution >= 0.6 is 47.9 Å². The predicted molar refractivity (Wildman–Crippen MR) is 193 cm³/mol. The Morgan fingerprint density at radius 2 is 1.57 bits per heavy atom. The molecule has 1 saturated carbocycles. The van der Waals surface area contributed by atoms with E-state index >= 15 is 0 Å². The number of amides is 1. The zero-order chi connectivity index (χ0) is 28.4. The van der Waals surface area contributed by atoms with Crippen molar-refractivity contribution in [2.24, 2.45) is 17.8 Å². The number of carbonyl (C=O) groups excluding carboxylic acids is 3. The van der Waals surface area contributed by atoms with Gasteiger partial charge in [0, 0.05) is 25.0 Å². The van der Waals surface area contributed by atoms with Crippen molar-refractivity contribution in [3.8, 4) is 0 Å². The number of aliphatic carboxylic acids is 1. The van der Waals surface area contributed by atoms with Gasteiger partial charge in [-0.15, -0.1) is 0 Å². The standard InChI is InChI=1S/C30H46NO7P.CH4.Cs.2H2O.3H2S/c1-4-28(33)37-30(22(2)3)38-39(36,18-12-11-15-23-13-7-5-8-14-23)21-27(32)31-20-25(19-26(31)29(34)35)24-16-9-6-10-17-24;;;;;;;/h5,7-8,13-14,22,24-26,30H,4,6,9-12,15-21H2,1-3H3,(H,34,35);1H4;;5*1H2/q;;+1;;;;;/p-1/t25-,26+,30+,39-;;;;;;;/m1......./s1. The number of carboxylic acids is 1. The maximum Gasteiger partial charge on any atom is 1.00 e. The summed E-state index contributed by atoms with van der Waals surface area (Å²) in [5, 5.41) is 12.0. The van der Waals surface area contributed by atoms with Crippen LogP contribution in [0.2, 0.25) is 0 Å². The summed E-state index contributed by atoms with van der Waals surface area (Å²) in [5.74, 6) is -1.99. The van der Waals surface area contributed by atoms with Crippen molar-refractivity contribution in [2.45, 2.75) is 105 Å². The monoisotopic (exact) mass is 849 g/mol. The fourth-order valence-electron chi connectivity index (χ4n) is 5.79. The molecular formula is C31H59CsNO9PS3. The first-order valence-electron chi connectivity index (χ1n) is 14.6. The van der Waals surface area contributed by atoms with Gasteiger partial charge in [0.15, 0.2) is 0 Å². The van der Waals surface area contributed by atoms with Crippen LogP contribution in [0.5, 0.6) is 0 Å². The molecule has 0 radical (unpaired) electrons. The number of benzene rings is 1. The van der Waals surface area contributed by atoms with E-state index in [1.807, 2.05) is 30.3 Å². The molecule has 1 aliphatic carbocycles. The molecule has 4 atom stereocenters. The van der Waals surface area contributed by atoms with Gasteiger partial charge in [-0.3, -0.25) is 18.7 Å². The fraction of sp³-hybridized carbons (Fsp3) is 0.710. The van der Waals surface area contributed by atoms with E-state index in [-0.39, 0.29) is 152 Å². The zero-order valence-corrected chi connectivity index (χ0v) is 37.4. The molecule has 0 bridgehead atoms. The number of aryl methyl sites for hydroxylation is 1. The predicted octanol–water partition coefficient (Wildman–Crippen LogP) is 1.12. The van der Waals surface area contributed by atoms with Crippen LogP contribution in [0.15, 0.2) is 30.3 Å². The number of hydrogen-bond donors (Lipinski definition) is 0. The molecule has 3 rings (SSSR count). The van der Waals surface area contributed by atoms with Crippen molar-refractivity contribution in [1.82, 2.24) is 4.90 Å². The van der Waals surface area contributed by atoms with E-state index in [1.54, 1.807) is 20.8 Å². The average molecular weight is 850 g/mol. The van der Waals surface area contributed by atoms with E-state index in [0.29, 0.717) is 25.3 Å². The average Bonchev–Trinajstić information content (AvgIpc) is 3.38. The molecule has 1 aliphatic heterocycles. The first-order chi connectivity index (χ1) is 18.6. The topological polar surface area (TPSA) is 176 Å². The van der Waals surface area contributed by atoms with E-state index in [2.05, 4.69) is 0 Å². The van der Waals surface area contributed by atoms with Crippen LogP contribution in [0.3, 0.4) is 0 Å². The molecule has 1 amide bonds. The van der Waals surface area contributed by atoms with Gasteiger partial charge in [0.1, 0.15) is 6.16 Å². The van der Waals surface area contributed by atoms with E-state index < -0.39 is 43.7 Å². The summed E-state index contributed by atoms with van der Waals surface area (Å²) in [6, 6.07) is 8.96. The SMILES string of the molecule is C.CCC(=O)O[C@@H](O[P@](=O)(CCCCc1ccccc1)CC(=O)N1C[C@H](C2CCCCC2)C[C@H]1C(=O)[O-])C(C)C.O.O.S.S.S.[Cs+]. The minimum Gasteiger partial charge on any atom is -0.548 e. The summed E-state index contributed by atoms with van der Waals surface area (Å²) >= 11 is 0. The van der Waals surface area contributed by atoms with Crippen molar-refractivity contribution in [1.29, 1.82) is 0 Å². The van der Waals surface area contributed by atoms with Crippen LogP contribution in [0, 0.1) is 17.8 Å². The molecule has 1 aromatic rings. The number of rotatable bonds is 14. The Morgan fingerprint density at radius 3 is 2.09 bits per heavy atom. The molecule has 0 aromatic heterocycles. The Hall–Kier alpha value is 0.842. The maximum absolute atomic E-state index is 14.2. The third-order valence-electron chi connectivity index (χ3n) is 8.05. The summed E-state index contributed by atoms with van der Waals surface area (Å²) in [4.78, 5) is 39.0. The summed E-state index contributed by atoms with van der Waals surface area (Å²) < 4.78 is 25.6. The van der Waals surface area contributed by atoms with Crippen LogP contribution < -0.4 is 74.0 Å². The number of ether oxygens (including phenoxy) is 1. The molecular weight excluding hydrogens is 790 g/mol. The van der Waals surface area contributed by atoms with Crippen LogP contribution in [-0.4, -0.2) is 64.9 Å². The van der Waals surface area contributed by atoms with Crippen molar-refractivity contribution in [2.75, 3.05) is 18.9 Å². The summed E-state index contributed by atoms with van der Waals surface area (Å²) in [7, 11) is -3.62. The van der Waals surface area contributed by atoms with Crippen molar-refractivity contribution in [3.63, 3.8) is 0 Å². The molecule has 46 heavy (non-hydrogen) atoms. The Labute approximate surface area is 356 Å². The quantitative estimate of drug-likeness (QED) is 0.117. The van der Waals surface area contributed by atoms with Gasteiger partial charge >= 0.3 is 74.9 Å². The van der Waals surface area contributed by atoms with E-state index in [0.717, 1.165) is 38.5 Å². The van der Waals surface area contributed by atoms with Gasteiger partial charge in [0.05, 0.1) is 12.0 Å². The summed E-state index contributed by atoms with van der Waals surface area (Å²) in [5.41, 5.74) is 1.17. The smallest absolute Gasteiger partial charge is 0.548 e. The molecule has 15 heteroatoms. The van der Waals surface area contributed by atoms with Gasteiger partial charge in [0.25, 0.3) is 0 Å². The first kappa shape index (κ1) is 56.2. The van der Waals surface area contributed by atoms with Gasteiger partial charge in [-0.1, -0.05) is 90.6 Å². The molecule has 10 nitrogen and oxygen atoms in total. The van der Waals surface area contributed by atoms with Crippen LogP contribution in [-0.2, 0) is 34.6 Å². The second kappa shape index (κ2) is 28.5. The molecule has 0 spiro atoms. The number of carboxylic acid groups (broad SMARTS) is 1. The van der Waals surface area contributed by atoms with E-state index in [1.165, 1.54) is 16.9 Å². The second-order valence-corrected chi connectivity index (χ2v) is 14.1. The fourth-order valence-corrected chi connectivity index (χ4v) is 8.09. The van der Waals surface area contributed by atoms with E-state index in [9.17, 15) is 24.1 Å². The third kappa shape index (κ3) is 18.2. The number of esters is 1. The maximum atomic E-state index is 14.2. The molecule has 2 aliphatic rings. The second-order valence-electron chi connectivity index (χ2n) is 11.5. The van der Waals surface area contributed by atoms with Gasteiger partial charge in [0.2, 0.25) is 19.6 Å². The van der Waals surface area contributed by atoms with Crippen LogP contribution in [0.4, 0.5) is 0 Å². The molecule has 2 fully saturated rings. The number of hydrogen-bond acceptors (Lipinski definition) is 7. The summed E-state index contributed by atoms with van der Waals surface area (Å²) in [6.07, 6.45) is 6.88. The van der Waals surface area contributed by atoms with Crippen LogP contribution in [0.25, 0.3) is 0 Å². The number of nitrogens with zero attached hydrogens (tertiary/aromatic N) is 1. The third-order valence-corrected chi connectivity index (χ3v) is 10.4. The Kier molecular flexibility index (Phi) is 34.9. The van der Waals surface area contributed by atoms with Gasteiger partial charge in [-0.05, 0) is 43.1 Å². The molecule has 0 unspecified atom stereocenters. The molecule has 1 aromatic carbocycles. The molecule has 266 valence electrons. The number of carbonyl (C=O) groups is 3. The van der Waals surface area contributed by atoms with Crippen molar-refractivity contribution in [3.05, 3.63) is 35.9 Å². The van der Waals surface area contributed by atoms with Crippen molar-refractivity contribution >= 4 is 65.7 Å². The Bertz CT molecular complexity index is 1020. The van der Waals surface area contributed by atoms with Crippen molar-refractivity contribution < 1.29 is 113 Å². The Balaban J connectivity index is -0.000000800. The number of unbranched alkanes of at least 4 members (excludes halogenated alkanes) is 1. The molecule has 4 N–H and O–H groups in total. The molecule has 1 saturated heterocycles. The first-order valence-corrected chi connectivity index (χ1v) is 16.6. The largest absolute Gasteiger partial charge is 1.00 e. The van der Waals surface area contributed by atoms with Crippen LogP contribution in [0.1, 0.15) is 91.5 Å². The molecule has 1 heterocycles. The van der Waals surface area contributed by atoms with Gasteiger partial charge < -0.3 is 30.5 Å². The minimum atomic E-state index is -3.62. The van der Waals surface area contributed by atoms with Gasteiger partial charge in [-0.2, -0.15) is 40.5 Å². The van der Waals surface area contributed by atoms with E-state index in [4.69, 9.17) is 9.26 Å².